The van der Waals surface area contributed by atoms with Crippen LogP contribution in [0.1, 0.15) is 27.1 Å². The number of carboxylic acids is 2. The largest absolute Gasteiger partial charge is 0.481 e. The van der Waals surface area contributed by atoms with Gasteiger partial charge in [-0.05, 0) is 0 Å². The topological polar surface area (TPSA) is 112 Å². The lowest BCUT2D eigenvalue weighted by Gasteiger charge is -2.20. The predicted octanol–water partition coefficient (Wildman–Crippen LogP) is 0.767. The monoisotopic (exact) mass is 335 g/mol. The third-order valence-electron chi connectivity index (χ3n) is 3.10. The third kappa shape index (κ3) is 2.29. The molecule has 2 rings (SSSR count). The highest BCUT2D eigenvalue weighted by molar-refractivity contribution is 6.23. The molecule has 0 fully saturated rings. The molecule has 1 atom stereocenters. The minimum Gasteiger partial charge on any atom is -0.481 e. The van der Waals surface area contributed by atoms with Crippen LogP contribution >= 0.6 is 0 Å². The van der Waals surface area contributed by atoms with Crippen molar-refractivity contribution >= 4 is 23.8 Å². The number of nitrogens with zero attached hydrogens (tertiary/aromatic N) is 1. The van der Waals surface area contributed by atoms with Gasteiger partial charge in [-0.3, -0.25) is 19.3 Å². The lowest BCUT2D eigenvalue weighted by atomic mass is 10.1. The van der Waals surface area contributed by atoms with E-state index in [1.54, 1.807) is 0 Å². The Kier molecular flexibility index (Phi) is 3.80. The van der Waals surface area contributed by atoms with Crippen LogP contribution in [0, 0.1) is 23.3 Å². The number of aliphatic carboxylic acids is 2. The van der Waals surface area contributed by atoms with Crippen LogP contribution in [0.3, 0.4) is 0 Å². The van der Waals surface area contributed by atoms with Crippen molar-refractivity contribution in [2.45, 2.75) is 12.5 Å². The molecule has 0 saturated heterocycles. The number of amides is 2. The fraction of sp³-hybridized carbons (Fsp3) is 0.167. The molecule has 23 heavy (non-hydrogen) atoms. The summed E-state index contributed by atoms with van der Waals surface area (Å²) in [4.78, 5) is 45.2. The zero-order valence-electron chi connectivity index (χ0n) is 10.8. The number of imide groups is 1. The van der Waals surface area contributed by atoms with E-state index in [9.17, 15) is 36.7 Å². The van der Waals surface area contributed by atoms with Crippen LogP contribution in [0.25, 0.3) is 0 Å². The molecule has 2 N–H and O–H groups in total. The van der Waals surface area contributed by atoms with Crippen LogP contribution in [0.2, 0.25) is 0 Å². The van der Waals surface area contributed by atoms with E-state index in [0.29, 0.717) is 0 Å². The van der Waals surface area contributed by atoms with Crippen molar-refractivity contribution in [3.63, 3.8) is 0 Å². The molecule has 11 heteroatoms. The minimum atomic E-state index is -2.35. The van der Waals surface area contributed by atoms with Crippen molar-refractivity contribution in [1.29, 1.82) is 0 Å². The molecule has 0 spiro atoms. The van der Waals surface area contributed by atoms with E-state index in [4.69, 9.17) is 10.2 Å². The fourth-order valence-corrected chi connectivity index (χ4v) is 2.10. The molecule has 0 aromatic heterocycles. The molecule has 1 aliphatic rings. The summed E-state index contributed by atoms with van der Waals surface area (Å²) in [5.41, 5.74) is -2.97. The Labute approximate surface area is 123 Å². The average Bonchev–Trinajstić information content (AvgIpc) is 2.71. The number of halogens is 4. The first-order chi connectivity index (χ1) is 10.6. The van der Waals surface area contributed by atoms with Gasteiger partial charge in [0.05, 0.1) is 17.5 Å². The summed E-state index contributed by atoms with van der Waals surface area (Å²) in [6.45, 7) is 0. The second kappa shape index (κ2) is 5.34. The number of carboxylic acid groups (broad SMARTS) is 2. The predicted molar refractivity (Wildman–Crippen MR) is 60.5 cm³/mol. The molecular formula is C12H5F4NO6. The van der Waals surface area contributed by atoms with Gasteiger partial charge in [-0.1, -0.05) is 0 Å². The van der Waals surface area contributed by atoms with Crippen LogP contribution < -0.4 is 0 Å². The number of hydrogen-bond donors (Lipinski definition) is 2. The van der Waals surface area contributed by atoms with E-state index in [1.807, 2.05) is 0 Å². The van der Waals surface area contributed by atoms with Gasteiger partial charge in [-0.2, -0.15) is 0 Å². The summed E-state index contributed by atoms with van der Waals surface area (Å²) < 4.78 is 53.6. The van der Waals surface area contributed by atoms with Crippen LogP contribution in [0.5, 0.6) is 0 Å². The molecule has 0 bridgehead atoms. The third-order valence-corrected chi connectivity index (χ3v) is 3.10. The van der Waals surface area contributed by atoms with Crippen molar-refractivity contribution in [2.24, 2.45) is 0 Å². The molecule has 1 aliphatic heterocycles. The number of benzene rings is 1. The molecular weight excluding hydrogens is 330 g/mol. The smallest absolute Gasteiger partial charge is 0.327 e. The summed E-state index contributed by atoms with van der Waals surface area (Å²) in [6, 6.07) is -2.30. The number of fused-ring (bicyclic) bond motifs is 1. The highest BCUT2D eigenvalue weighted by atomic mass is 19.2. The summed E-state index contributed by atoms with van der Waals surface area (Å²) in [5, 5.41) is 17.5. The lowest BCUT2D eigenvalue weighted by Crippen LogP contribution is -2.46. The van der Waals surface area contributed by atoms with Crippen LogP contribution in [-0.2, 0) is 9.59 Å². The molecule has 2 amide bonds. The Morgan fingerprint density at radius 2 is 1.26 bits per heavy atom. The van der Waals surface area contributed by atoms with Crippen LogP contribution in [0.4, 0.5) is 17.6 Å². The van der Waals surface area contributed by atoms with Gasteiger partial charge in [0, 0.05) is 0 Å². The summed E-state index contributed by atoms with van der Waals surface area (Å²) >= 11 is 0. The molecule has 0 aliphatic carbocycles. The Morgan fingerprint density at radius 3 is 1.57 bits per heavy atom. The number of hydrogen-bond acceptors (Lipinski definition) is 4. The fourth-order valence-electron chi connectivity index (χ4n) is 2.10. The summed E-state index contributed by atoms with van der Waals surface area (Å²) in [6.07, 6.45) is -1.27. The molecule has 0 saturated carbocycles. The molecule has 1 aromatic rings. The molecule has 122 valence electrons. The summed E-state index contributed by atoms with van der Waals surface area (Å²) in [5.74, 6) is -16.3. The molecule has 0 radical (unpaired) electrons. The maximum absolute atomic E-state index is 13.6. The van der Waals surface area contributed by atoms with E-state index in [-0.39, 0.29) is 4.90 Å². The minimum absolute atomic E-state index is 0.258. The van der Waals surface area contributed by atoms with Gasteiger partial charge < -0.3 is 10.2 Å². The van der Waals surface area contributed by atoms with E-state index in [1.165, 1.54) is 0 Å². The van der Waals surface area contributed by atoms with E-state index in [2.05, 4.69) is 0 Å². The highest BCUT2D eigenvalue weighted by Gasteiger charge is 2.48. The average molecular weight is 335 g/mol. The molecule has 7 nitrogen and oxygen atoms in total. The molecule has 1 aromatic carbocycles. The van der Waals surface area contributed by atoms with Gasteiger partial charge in [0.15, 0.2) is 23.3 Å². The molecule has 1 unspecified atom stereocenters. The maximum Gasteiger partial charge on any atom is 0.327 e. The van der Waals surface area contributed by atoms with Crippen molar-refractivity contribution in [3.05, 3.63) is 34.4 Å². The van der Waals surface area contributed by atoms with Gasteiger partial charge in [0.1, 0.15) is 6.04 Å². The zero-order chi connectivity index (χ0) is 17.6. The van der Waals surface area contributed by atoms with E-state index in [0.717, 1.165) is 0 Å². The lowest BCUT2D eigenvalue weighted by molar-refractivity contribution is -0.147. The highest BCUT2D eigenvalue weighted by Crippen LogP contribution is 2.33. The van der Waals surface area contributed by atoms with Crippen LogP contribution in [0.15, 0.2) is 0 Å². The Hall–Kier alpha value is -2.98. The van der Waals surface area contributed by atoms with Gasteiger partial charge in [-0.15, -0.1) is 0 Å². The number of carbonyl (C=O) groups excluding carboxylic acids is 2. The first-order valence-electron chi connectivity index (χ1n) is 5.78. The Bertz CT molecular complexity index is 731. The van der Waals surface area contributed by atoms with Crippen molar-refractivity contribution < 1.29 is 47.0 Å². The zero-order valence-corrected chi connectivity index (χ0v) is 10.8. The summed E-state index contributed by atoms with van der Waals surface area (Å²) in [7, 11) is 0. The van der Waals surface area contributed by atoms with Gasteiger partial charge in [0.25, 0.3) is 11.8 Å². The Balaban J connectivity index is 2.66. The molecule has 1 heterocycles. The first kappa shape index (κ1) is 16.4. The van der Waals surface area contributed by atoms with Crippen molar-refractivity contribution in [1.82, 2.24) is 4.90 Å². The van der Waals surface area contributed by atoms with Gasteiger partial charge in [-0.25, -0.2) is 22.4 Å². The maximum atomic E-state index is 13.6. The second-order valence-electron chi connectivity index (χ2n) is 4.44. The standard InChI is InChI=1S/C12H5F4NO6/c13-6-4-5(7(14)9(16)8(6)15)11(21)17(10(4)20)2(12(22)23)1-3(18)19/h2H,1H2,(H,18,19)(H,22,23). The quantitative estimate of drug-likeness (QED) is 0.364. The Morgan fingerprint density at radius 1 is 0.870 bits per heavy atom. The van der Waals surface area contributed by atoms with E-state index >= 15 is 0 Å². The normalized spacial score (nSPS) is 14.9. The van der Waals surface area contributed by atoms with Crippen LogP contribution in [-0.4, -0.2) is 44.9 Å². The van der Waals surface area contributed by atoms with Crippen molar-refractivity contribution in [3.8, 4) is 0 Å². The van der Waals surface area contributed by atoms with Gasteiger partial charge in [0.2, 0.25) is 0 Å². The second-order valence-corrected chi connectivity index (χ2v) is 4.44. The van der Waals surface area contributed by atoms with Crippen molar-refractivity contribution in [2.75, 3.05) is 0 Å². The number of carbonyl (C=O) groups is 4. The van der Waals surface area contributed by atoms with Gasteiger partial charge >= 0.3 is 11.9 Å². The SMILES string of the molecule is O=C(O)CC(C(=O)O)N1C(=O)c2c(F)c(F)c(F)c(F)c2C1=O. The first-order valence-corrected chi connectivity index (χ1v) is 5.78. The van der Waals surface area contributed by atoms with E-state index < -0.39 is 70.6 Å². The number of rotatable bonds is 4.